The summed E-state index contributed by atoms with van der Waals surface area (Å²) in [7, 11) is 0. The first kappa shape index (κ1) is 15.4. The maximum atomic E-state index is 12.2. The van der Waals surface area contributed by atoms with E-state index in [1.165, 1.54) is 6.26 Å². The molecule has 2 aromatic rings. The molecule has 1 N–H and O–H groups in total. The van der Waals surface area contributed by atoms with Crippen LogP contribution < -0.4 is 5.32 Å². The number of aryl methyl sites for hydroxylation is 2. The first-order valence-electron chi connectivity index (χ1n) is 6.81. The van der Waals surface area contributed by atoms with E-state index in [1.807, 2.05) is 19.9 Å². The van der Waals surface area contributed by atoms with Crippen molar-refractivity contribution in [2.45, 2.75) is 20.3 Å². The Bertz CT molecular complexity index is 743. The summed E-state index contributed by atoms with van der Waals surface area (Å²) in [5.41, 5.74) is 1.48. The first-order valence-corrected chi connectivity index (χ1v) is 6.81. The molecule has 6 nitrogen and oxygen atoms in total. The summed E-state index contributed by atoms with van der Waals surface area (Å²) in [5.74, 6) is -2.43. The Hall–Kier alpha value is -2.94. The van der Waals surface area contributed by atoms with Gasteiger partial charge >= 0.3 is 0 Å². The van der Waals surface area contributed by atoms with E-state index in [1.54, 1.807) is 24.3 Å². The predicted octanol–water partition coefficient (Wildman–Crippen LogP) is 2.51. The molecule has 0 aliphatic carbocycles. The van der Waals surface area contributed by atoms with Crippen LogP contribution >= 0.6 is 0 Å². The SMILES string of the molecule is CCc1nc(C(=O)[C@@H](C#N)C(=O)Nc2cccc(C)c2)co1. The molecule has 1 amide bonds. The monoisotopic (exact) mass is 297 g/mol. The number of carbonyl (C=O) groups is 2. The number of nitriles is 1. The van der Waals surface area contributed by atoms with E-state index in [4.69, 9.17) is 9.68 Å². The number of benzene rings is 1. The van der Waals surface area contributed by atoms with Gasteiger partial charge in [-0.05, 0) is 24.6 Å². The van der Waals surface area contributed by atoms with Gasteiger partial charge in [-0.3, -0.25) is 9.59 Å². The maximum Gasteiger partial charge on any atom is 0.249 e. The summed E-state index contributed by atoms with van der Waals surface area (Å²) >= 11 is 0. The van der Waals surface area contributed by atoms with Crippen LogP contribution in [-0.4, -0.2) is 16.7 Å². The maximum absolute atomic E-state index is 12.2. The molecule has 2 rings (SSSR count). The highest BCUT2D eigenvalue weighted by molar-refractivity contribution is 6.14. The molecular formula is C16H15N3O3. The molecule has 0 saturated heterocycles. The fourth-order valence-corrected chi connectivity index (χ4v) is 1.91. The Morgan fingerprint density at radius 1 is 1.45 bits per heavy atom. The van der Waals surface area contributed by atoms with Crippen molar-refractivity contribution in [1.82, 2.24) is 4.98 Å². The molecule has 0 aliphatic heterocycles. The molecule has 0 saturated carbocycles. The zero-order valence-electron chi connectivity index (χ0n) is 12.3. The Morgan fingerprint density at radius 2 is 2.23 bits per heavy atom. The highest BCUT2D eigenvalue weighted by atomic mass is 16.3. The van der Waals surface area contributed by atoms with Gasteiger partial charge in [0.05, 0.1) is 6.07 Å². The minimum absolute atomic E-state index is 0.0113. The number of rotatable bonds is 5. The number of nitrogens with one attached hydrogen (secondary N) is 1. The molecule has 112 valence electrons. The van der Waals surface area contributed by atoms with Crippen LogP contribution in [-0.2, 0) is 11.2 Å². The van der Waals surface area contributed by atoms with Gasteiger partial charge < -0.3 is 9.73 Å². The fraction of sp³-hybridized carbons (Fsp3) is 0.250. The third kappa shape index (κ3) is 3.38. The lowest BCUT2D eigenvalue weighted by atomic mass is 10.0. The Morgan fingerprint density at radius 3 is 2.82 bits per heavy atom. The van der Waals surface area contributed by atoms with Crippen LogP contribution in [0.25, 0.3) is 0 Å². The number of aromatic nitrogens is 1. The van der Waals surface area contributed by atoms with Crippen molar-refractivity contribution in [2.24, 2.45) is 5.92 Å². The van der Waals surface area contributed by atoms with Gasteiger partial charge in [-0.1, -0.05) is 19.1 Å². The number of anilines is 1. The molecule has 0 bridgehead atoms. The molecule has 0 fully saturated rings. The second kappa shape index (κ2) is 6.68. The number of hydrogen-bond donors (Lipinski definition) is 1. The van der Waals surface area contributed by atoms with Crippen molar-refractivity contribution in [1.29, 1.82) is 5.26 Å². The van der Waals surface area contributed by atoms with Gasteiger partial charge in [-0.15, -0.1) is 0 Å². The van der Waals surface area contributed by atoms with Crippen molar-refractivity contribution in [3.63, 3.8) is 0 Å². The summed E-state index contributed by atoms with van der Waals surface area (Å²) in [6.07, 6.45) is 1.70. The van der Waals surface area contributed by atoms with Crippen molar-refractivity contribution in [3.8, 4) is 6.07 Å². The van der Waals surface area contributed by atoms with Crippen LogP contribution in [0, 0.1) is 24.2 Å². The van der Waals surface area contributed by atoms with E-state index in [0.29, 0.717) is 18.0 Å². The van der Waals surface area contributed by atoms with Gasteiger partial charge in [-0.2, -0.15) is 5.26 Å². The lowest BCUT2D eigenvalue weighted by Gasteiger charge is -2.08. The summed E-state index contributed by atoms with van der Waals surface area (Å²) in [4.78, 5) is 28.3. The molecule has 0 aliphatic rings. The molecule has 1 aromatic heterocycles. The number of nitrogens with zero attached hydrogens (tertiary/aromatic N) is 2. The summed E-state index contributed by atoms with van der Waals surface area (Å²) < 4.78 is 5.07. The van der Waals surface area contributed by atoms with Gasteiger partial charge in [0.2, 0.25) is 11.7 Å². The van der Waals surface area contributed by atoms with E-state index in [-0.39, 0.29) is 5.69 Å². The van der Waals surface area contributed by atoms with Crippen LogP contribution in [0.3, 0.4) is 0 Å². The smallest absolute Gasteiger partial charge is 0.249 e. The average Bonchev–Trinajstić information content (AvgIpc) is 2.96. The molecule has 6 heteroatoms. The average molecular weight is 297 g/mol. The topological polar surface area (TPSA) is 96.0 Å². The molecular weight excluding hydrogens is 282 g/mol. The minimum Gasteiger partial charge on any atom is -0.448 e. The molecule has 0 spiro atoms. The lowest BCUT2D eigenvalue weighted by Crippen LogP contribution is -2.29. The van der Waals surface area contributed by atoms with Crippen molar-refractivity contribution in [3.05, 3.63) is 47.7 Å². The normalized spacial score (nSPS) is 11.5. The van der Waals surface area contributed by atoms with E-state index in [9.17, 15) is 9.59 Å². The van der Waals surface area contributed by atoms with Gasteiger partial charge in [0, 0.05) is 12.1 Å². The second-order valence-electron chi connectivity index (χ2n) is 4.77. The highest BCUT2D eigenvalue weighted by Crippen LogP contribution is 2.14. The fourth-order valence-electron chi connectivity index (χ4n) is 1.91. The number of ketones is 1. The number of hydrogen-bond acceptors (Lipinski definition) is 5. The van der Waals surface area contributed by atoms with Gasteiger partial charge in [-0.25, -0.2) is 4.98 Å². The largest absolute Gasteiger partial charge is 0.448 e. The Kier molecular flexibility index (Phi) is 4.69. The second-order valence-corrected chi connectivity index (χ2v) is 4.77. The third-order valence-corrected chi connectivity index (χ3v) is 3.05. The Labute approximate surface area is 127 Å². The number of oxazole rings is 1. The minimum atomic E-state index is -1.46. The van der Waals surface area contributed by atoms with Gasteiger partial charge in [0.1, 0.15) is 12.0 Å². The molecule has 1 atom stereocenters. The van der Waals surface area contributed by atoms with E-state index in [0.717, 1.165) is 5.56 Å². The van der Waals surface area contributed by atoms with Gasteiger partial charge in [0.15, 0.2) is 11.8 Å². The van der Waals surface area contributed by atoms with Crippen LogP contribution in [0.15, 0.2) is 34.9 Å². The highest BCUT2D eigenvalue weighted by Gasteiger charge is 2.29. The quantitative estimate of drug-likeness (QED) is 0.675. The number of amides is 1. The summed E-state index contributed by atoms with van der Waals surface area (Å²) in [6.45, 7) is 3.70. The standard InChI is InChI=1S/C16H15N3O3/c1-3-14-19-13(9-22-14)15(20)12(8-17)16(21)18-11-6-4-5-10(2)7-11/h4-7,9,12H,3H2,1-2H3,(H,18,21)/t12-/m1/s1. The predicted molar refractivity (Wildman–Crippen MR) is 79.1 cm³/mol. The lowest BCUT2D eigenvalue weighted by molar-refractivity contribution is -0.117. The molecule has 1 heterocycles. The molecule has 1 aromatic carbocycles. The van der Waals surface area contributed by atoms with Crippen LogP contribution in [0.4, 0.5) is 5.69 Å². The molecule has 0 radical (unpaired) electrons. The van der Waals surface area contributed by atoms with Gasteiger partial charge in [0.25, 0.3) is 0 Å². The summed E-state index contributed by atoms with van der Waals surface area (Å²) in [5, 5.41) is 11.7. The number of Topliss-reactive ketones (excluding diaryl/α,β-unsaturated/α-hetero) is 1. The zero-order chi connectivity index (χ0) is 16.1. The third-order valence-electron chi connectivity index (χ3n) is 3.05. The van der Waals surface area contributed by atoms with E-state index >= 15 is 0 Å². The zero-order valence-corrected chi connectivity index (χ0v) is 12.3. The first-order chi connectivity index (χ1) is 10.5. The van der Waals surface area contributed by atoms with Crippen LogP contribution in [0.2, 0.25) is 0 Å². The van der Waals surface area contributed by atoms with Crippen molar-refractivity contribution < 1.29 is 14.0 Å². The molecule has 0 unspecified atom stereocenters. The Balaban J connectivity index is 2.15. The van der Waals surface area contributed by atoms with E-state index in [2.05, 4.69) is 10.3 Å². The van der Waals surface area contributed by atoms with E-state index < -0.39 is 17.6 Å². The summed E-state index contributed by atoms with van der Waals surface area (Å²) in [6, 6.07) is 8.82. The number of carbonyl (C=O) groups excluding carboxylic acids is 2. The van der Waals surface area contributed by atoms with Crippen molar-refractivity contribution in [2.75, 3.05) is 5.32 Å². The molecule has 22 heavy (non-hydrogen) atoms. The van der Waals surface area contributed by atoms with Crippen LogP contribution in [0.5, 0.6) is 0 Å². The van der Waals surface area contributed by atoms with Crippen molar-refractivity contribution >= 4 is 17.4 Å². The van der Waals surface area contributed by atoms with Crippen LogP contribution in [0.1, 0.15) is 28.9 Å².